The summed E-state index contributed by atoms with van der Waals surface area (Å²) >= 11 is 0. The van der Waals surface area contributed by atoms with Crippen LogP contribution in [-0.4, -0.2) is 55.3 Å². The molecular formula is C14H21FN4O. The molecule has 20 heavy (non-hydrogen) atoms. The second-order valence-corrected chi connectivity index (χ2v) is 5.43. The highest BCUT2D eigenvalue weighted by molar-refractivity contribution is 5.67. The van der Waals surface area contributed by atoms with Crippen molar-refractivity contribution in [2.24, 2.45) is 0 Å². The highest BCUT2D eigenvalue weighted by Crippen LogP contribution is 2.29. The molecule has 2 aliphatic rings. The number of hydrogen-bond donors (Lipinski definition) is 1. The quantitative estimate of drug-likeness (QED) is 0.879. The van der Waals surface area contributed by atoms with E-state index in [0.29, 0.717) is 17.4 Å². The van der Waals surface area contributed by atoms with E-state index in [0.717, 1.165) is 52.2 Å². The van der Waals surface area contributed by atoms with E-state index in [1.807, 2.05) is 4.90 Å². The van der Waals surface area contributed by atoms with Crippen LogP contribution in [0.1, 0.15) is 12.8 Å². The van der Waals surface area contributed by atoms with E-state index >= 15 is 0 Å². The number of ether oxygens (including phenoxy) is 1. The Morgan fingerprint density at radius 2 is 1.85 bits per heavy atom. The van der Waals surface area contributed by atoms with E-state index < -0.39 is 0 Å². The Balaban J connectivity index is 1.63. The Morgan fingerprint density at radius 3 is 2.50 bits per heavy atom. The molecule has 1 aromatic rings. The molecule has 0 aliphatic carbocycles. The van der Waals surface area contributed by atoms with Crippen LogP contribution in [0.5, 0.6) is 0 Å². The SMILES string of the molecule is Nc1cncc(F)c1N1CCC(N2CCOCC2)CC1. The van der Waals surface area contributed by atoms with E-state index in [2.05, 4.69) is 9.88 Å². The van der Waals surface area contributed by atoms with E-state index in [1.165, 1.54) is 12.4 Å². The lowest BCUT2D eigenvalue weighted by Crippen LogP contribution is -2.49. The lowest BCUT2D eigenvalue weighted by atomic mass is 10.0. The molecule has 6 heteroatoms. The summed E-state index contributed by atoms with van der Waals surface area (Å²) in [6.07, 6.45) is 4.84. The van der Waals surface area contributed by atoms with E-state index in [9.17, 15) is 4.39 Å². The van der Waals surface area contributed by atoms with Crippen LogP contribution in [0.15, 0.2) is 12.4 Å². The van der Waals surface area contributed by atoms with Crippen LogP contribution in [0.25, 0.3) is 0 Å². The molecule has 3 heterocycles. The van der Waals surface area contributed by atoms with Gasteiger partial charge < -0.3 is 15.4 Å². The van der Waals surface area contributed by atoms with Gasteiger partial charge in [-0.15, -0.1) is 0 Å². The minimum Gasteiger partial charge on any atom is -0.396 e. The van der Waals surface area contributed by atoms with E-state index in [4.69, 9.17) is 10.5 Å². The highest BCUT2D eigenvalue weighted by atomic mass is 19.1. The van der Waals surface area contributed by atoms with Gasteiger partial charge in [0.25, 0.3) is 0 Å². The van der Waals surface area contributed by atoms with Crippen molar-refractivity contribution in [2.75, 3.05) is 50.0 Å². The summed E-state index contributed by atoms with van der Waals surface area (Å²) in [7, 11) is 0. The minimum atomic E-state index is -0.324. The normalized spacial score (nSPS) is 22.1. The zero-order valence-electron chi connectivity index (χ0n) is 11.6. The van der Waals surface area contributed by atoms with E-state index in [-0.39, 0.29) is 5.82 Å². The van der Waals surface area contributed by atoms with Gasteiger partial charge in [-0.05, 0) is 12.8 Å². The smallest absolute Gasteiger partial charge is 0.166 e. The summed E-state index contributed by atoms with van der Waals surface area (Å²) in [6.45, 7) is 5.35. The molecule has 0 bridgehead atoms. The Hall–Kier alpha value is -1.40. The van der Waals surface area contributed by atoms with Crippen LogP contribution >= 0.6 is 0 Å². The molecule has 0 unspecified atom stereocenters. The number of pyridine rings is 1. The maximum atomic E-state index is 13.9. The Morgan fingerprint density at radius 1 is 1.15 bits per heavy atom. The van der Waals surface area contributed by atoms with Gasteiger partial charge in [0.05, 0.1) is 37.0 Å². The van der Waals surface area contributed by atoms with Crippen molar-refractivity contribution >= 4 is 11.4 Å². The van der Waals surface area contributed by atoms with Crippen LogP contribution in [0.2, 0.25) is 0 Å². The topological polar surface area (TPSA) is 54.6 Å². The molecule has 1 aromatic heterocycles. The molecule has 3 rings (SSSR count). The standard InChI is InChI=1S/C14H21FN4O/c15-12-9-17-10-13(16)14(12)19-3-1-11(2-4-19)18-5-7-20-8-6-18/h9-11H,1-8,16H2. The second-order valence-electron chi connectivity index (χ2n) is 5.43. The first kappa shape index (κ1) is 13.6. The molecule has 110 valence electrons. The van der Waals surface area contributed by atoms with Gasteiger partial charge in [0.1, 0.15) is 0 Å². The van der Waals surface area contributed by atoms with Crippen LogP contribution in [-0.2, 0) is 4.74 Å². The van der Waals surface area contributed by atoms with Crippen molar-refractivity contribution < 1.29 is 9.13 Å². The first-order valence-electron chi connectivity index (χ1n) is 7.21. The predicted octanol–water partition coefficient (Wildman–Crippen LogP) is 1.10. The number of nitrogens with two attached hydrogens (primary N) is 1. The number of aromatic nitrogens is 1. The average molecular weight is 280 g/mol. The van der Waals surface area contributed by atoms with Crippen LogP contribution < -0.4 is 10.6 Å². The number of rotatable bonds is 2. The van der Waals surface area contributed by atoms with E-state index in [1.54, 1.807) is 0 Å². The van der Waals surface area contributed by atoms with Gasteiger partial charge in [0, 0.05) is 32.2 Å². The van der Waals surface area contributed by atoms with Crippen molar-refractivity contribution in [1.29, 1.82) is 0 Å². The zero-order valence-corrected chi connectivity index (χ0v) is 11.6. The molecule has 2 fully saturated rings. The summed E-state index contributed by atoms with van der Waals surface area (Å²) < 4.78 is 19.3. The summed E-state index contributed by atoms with van der Waals surface area (Å²) in [6, 6.07) is 0.585. The van der Waals surface area contributed by atoms with Crippen LogP contribution in [0.3, 0.4) is 0 Å². The third-order valence-corrected chi connectivity index (χ3v) is 4.24. The van der Waals surface area contributed by atoms with Crippen molar-refractivity contribution in [3.05, 3.63) is 18.2 Å². The number of hydrogen-bond acceptors (Lipinski definition) is 5. The molecule has 2 aliphatic heterocycles. The van der Waals surface area contributed by atoms with Gasteiger partial charge in [-0.25, -0.2) is 4.39 Å². The maximum absolute atomic E-state index is 13.9. The molecule has 0 amide bonds. The number of morpholine rings is 1. The molecule has 0 aromatic carbocycles. The fourth-order valence-electron chi connectivity index (χ4n) is 3.17. The van der Waals surface area contributed by atoms with Crippen molar-refractivity contribution in [2.45, 2.75) is 18.9 Å². The average Bonchev–Trinajstić information content (AvgIpc) is 2.49. The Kier molecular flexibility index (Phi) is 4.03. The molecule has 5 nitrogen and oxygen atoms in total. The third kappa shape index (κ3) is 2.71. The Labute approximate surface area is 118 Å². The van der Waals surface area contributed by atoms with Crippen molar-refractivity contribution in [1.82, 2.24) is 9.88 Å². The van der Waals surface area contributed by atoms with Crippen LogP contribution in [0.4, 0.5) is 15.8 Å². The van der Waals surface area contributed by atoms with Gasteiger partial charge in [-0.1, -0.05) is 0 Å². The van der Waals surface area contributed by atoms with Gasteiger partial charge in [-0.3, -0.25) is 9.88 Å². The largest absolute Gasteiger partial charge is 0.396 e. The lowest BCUT2D eigenvalue weighted by Gasteiger charge is -2.41. The fourth-order valence-corrected chi connectivity index (χ4v) is 3.17. The minimum absolute atomic E-state index is 0.324. The highest BCUT2D eigenvalue weighted by Gasteiger charge is 2.27. The molecule has 0 spiro atoms. The molecule has 2 saturated heterocycles. The molecule has 0 saturated carbocycles. The number of nitrogen functional groups attached to an aromatic ring is 1. The Bertz CT molecular complexity index is 436. The van der Waals surface area contributed by atoms with Crippen molar-refractivity contribution in [3.8, 4) is 0 Å². The first-order chi connectivity index (χ1) is 9.75. The van der Waals surface area contributed by atoms with Gasteiger partial charge in [0.15, 0.2) is 5.82 Å². The second kappa shape index (κ2) is 5.93. The predicted molar refractivity (Wildman–Crippen MR) is 76.2 cm³/mol. The molecule has 0 radical (unpaired) electrons. The monoisotopic (exact) mass is 280 g/mol. The lowest BCUT2D eigenvalue weighted by molar-refractivity contribution is 0.0115. The molecule has 2 N–H and O–H groups in total. The fraction of sp³-hybridized carbons (Fsp3) is 0.643. The van der Waals surface area contributed by atoms with Crippen molar-refractivity contribution in [3.63, 3.8) is 0 Å². The van der Waals surface area contributed by atoms with Gasteiger partial charge in [-0.2, -0.15) is 0 Å². The summed E-state index contributed by atoms with van der Waals surface area (Å²) in [5.41, 5.74) is 6.80. The first-order valence-corrected chi connectivity index (χ1v) is 7.21. The number of halogens is 1. The van der Waals surface area contributed by atoms with Gasteiger partial charge in [0.2, 0.25) is 0 Å². The third-order valence-electron chi connectivity index (χ3n) is 4.24. The zero-order chi connectivity index (χ0) is 13.9. The number of piperidine rings is 1. The summed E-state index contributed by atoms with van der Waals surface area (Å²) in [5, 5.41) is 0. The number of anilines is 2. The van der Waals surface area contributed by atoms with Crippen LogP contribution in [0, 0.1) is 5.82 Å². The van der Waals surface area contributed by atoms with Gasteiger partial charge >= 0.3 is 0 Å². The summed E-state index contributed by atoms with van der Waals surface area (Å²) in [5.74, 6) is -0.324. The maximum Gasteiger partial charge on any atom is 0.166 e. The number of nitrogens with zero attached hydrogens (tertiary/aromatic N) is 3. The summed E-state index contributed by atoms with van der Waals surface area (Å²) in [4.78, 5) is 8.32. The molecular weight excluding hydrogens is 259 g/mol. The molecule has 0 atom stereocenters.